The quantitative estimate of drug-likeness (QED) is 0.824. The molecule has 0 amide bonds. The van der Waals surface area contributed by atoms with E-state index in [2.05, 4.69) is 46.6 Å². The zero-order valence-electron chi connectivity index (χ0n) is 16.0. The molecule has 3 saturated heterocycles. The van der Waals surface area contributed by atoms with Crippen LogP contribution in [0, 0.1) is 10.8 Å². The number of aromatic nitrogens is 2. The number of fused-ring (bicyclic) bond motifs is 1. The van der Waals surface area contributed by atoms with E-state index < -0.39 is 0 Å². The van der Waals surface area contributed by atoms with Crippen molar-refractivity contribution in [2.75, 3.05) is 44.3 Å². The molecule has 0 aromatic carbocycles. The first-order chi connectivity index (χ1) is 12.5. The molecular formula is C20H28N4OS. The van der Waals surface area contributed by atoms with Crippen LogP contribution in [-0.2, 0) is 11.2 Å². The molecule has 5 rings (SSSR count). The second-order valence-corrected chi connectivity index (χ2v) is 10.00. The number of hydrogen-bond acceptors (Lipinski definition) is 6. The van der Waals surface area contributed by atoms with Crippen LogP contribution in [0.25, 0.3) is 10.2 Å². The molecule has 0 bridgehead atoms. The summed E-state index contributed by atoms with van der Waals surface area (Å²) < 4.78 is 5.47. The smallest absolute Gasteiger partial charge is 0.140 e. The van der Waals surface area contributed by atoms with Gasteiger partial charge in [0.25, 0.3) is 0 Å². The van der Waals surface area contributed by atoms with Crippen LogP contribution in [-0.4, -0.2) is 60.3 Å². The van der Waals surface area contributed by atoms with E-state index in [0.717, 1.165) is 43.4 Å². The van der Waals surface area contributed by atoms with Crippen molar-refractivity contribution in [2.24, 2.45) is 10.8 Å². The van der Waals surface area contributed by atoms with Crippen molar-refractivity contribution in [3.05, 3.63) is 17.3 Å². The summed E-state index contributed by atoms with van der Waals surface area (Å²) in [5, 5.41) is 1.25. The zero-order valence-corrected chi connectivity index (χ0v) is 16.8. The Morgan fingerprint density at radius 3 is 2.77 bits per heavy atom. The molecule has 3 fully saturated rings. The van der Waals surface area contributed by atoms with E-state index in [-0.39, 0.29) is 0 Å². The first-order valence-corrected chi connectivity index (χ1v) is 10.6. The van der Waals surface area contributed by atoms with Crippen molar-refractivity contribution in [1.82, 2.24) is 14.9 Å². The lowest BCUT2D eigenvalue weighted by Crippen LogP contribution is -2.66. The van der Waals surface area contributed by atoms with Crippen molar-refractivity contribution >= 4 is 27.4 Å². The summed E-state index contributed by atoms with van der Waals surface area (Å²) in [5.74, 6) is 1.15. The highest BCUT2D eigenvalue weighted by Gasteiger charge is 2.53. The summed E-state index contributed by atoms with van der Waals surface area (Å²) in [6.45, 7) is 13.5. The predicted molar refractivity (Wildman–Crippen MR) is 106 cm³/mol. The van der Waals surface area contributed by atoms with Crippen molar-refractivity contribution in [1.29, 1.82) is 0 Å². The van der Waals surface area contributed by atoms with E-state index in [1.165, 1.54) is 29.8 Å². The summed E-state index contributed by atoms with van der Waals surface area (Å²) in [4.78, 5) is 16.9. The van der Waals surface area contributed by atoms with Gasteiger partial charge >= 0.3 is 0 Å². The fourth-order valence-corrected chi connectivity index (χ4v) is 5.82. The largest absolute Gasteiger partial charge is 0.380 e. The highest BCUT2D eigenvalue weighted by molar-refractivity contribution is 7.18. The van der Waals surface area contributed by atoms with Gasteiger partial charge in [0.15, 0.2) is 0 Å². The number of ether oxygens (including phenoxy) is 1. The van der Waals surface area contributed by atoms with Crippen molar-refractivity contribution < 1.29 is 4.74 Å². The van der Waals surface area contributed by atoms with Crippen LogP contribution < -0.4 is 4.90 Å². The molecule has 140 valence electrons. The molecule has 0 N–H and O–H groups in total. The standard InChI is InChI=1S/C20H28N4OS/c1-4-15-7-16-17(21-13-22-18(16)26-15)23-6-5-20(8-23)9-24(10-20)14(2)19(3)11-25-12-19/h7,13-14H,4-6,8-12H2,1-3H3/t14-/m1/s1. The minimum Gasteiger partial charge on any atom is -0.380 e. The number of anilines is 1. The van der Waals surface area contributed by atoms with Crippen molar-refractivity contribution in [3.63, 3.8) is 0 Å². The average molecular weight is 373 g/mol. The highest BCUT2D eigenvalue weighted by Crippen LogP contribution is 2.46. The van der Waals surface area contributed by atoms with Gasteiger partial charge in [-0.15, -0.1) is 11.3 Å². The highest BCUT2D eigenvalue weighted by atomic mass is 32.1. The molecule has 3 aliphatic rings. The van der Waals surface area contributed by atoms with E-state index in [9.17, 15) is 0 Å². The molecule has 1 atom stereocenters. The monoisotopic (exact) mass is 372 g/mol. The summed E-state index contributed by atoms with van der Waals surface area (Å²) in [5.41, 5.74) is 0.808. The predicted octanol–water partition coefficient (Wildman–Crippen LogP) is 3.19. The topological polar surface area (TPSA) is 41.5 Å². The number of thiophene rings is 1. The third-order valence-electron chi connectivity index (χ3n) is 6.94. The minimum atomic E-state index is 0.353. The van der Waals surface area contributed by atoms with Crippen molar-refractivity contribution in [2.45, 2.75) is 39.7 Å². The van der Waals surface area contributed by atoms with Gasteiger partial charge in [0.1, 0.15) is 17.0 Å². The van der Waals surface area contributed by atoms with E-state index >= 15 is 0 Å². The second kappa shape index (κ2) is 5.88. The Morgan fingerprint density at radius 1 is 1.27 bits per heavy atom. The van der Waals surface area contributed by atoms with Crippen LogP contribution in [0.1, 0.15) is 32.1 Å². The van der Waals surface area contributed by atoms with Gasteiger partial charge in [-0.3, -0.25) is 4.90 Å². The van der Waals surface area contributed by atoms with Gasteiger partial charge < -0.3 is 9.64 Å². The van der Waals surface area contributed by atoms with Crippen LogP contribution >= 0.6 is 11.3 Å². The zero-order chi connectivity index (χ0) is 17.9. The number of nitrogens with zero attached hydrogens (tertiary/aromatic N) is 4. The molecule has 2 aromatic heterocycles. The molecule has 5 heterocycles. The van der Waals surface area contributed by atoms with Gasteiger partial charge in [-0.25, -0.2) is 9.97 Å². The molecule has 1 spiro atoms. The van der Waals surface area contributed by atoms with E-state index in [0.29, 0.717) is 16.9 Å². The van der Waals surface area contributed by atoms with E-state index in [4.69, 9.17) is 4.74 Å². The van der Waals surface area contributed by atoms with Crippen LogP contribution in [0.3, 0.4) is 0 Å². The third-order valence-corrected chi connectivity index (χ3v) is 8.13. The molecule has 5 nitrogen and oxygen atoms in total. The van der Waals surface area contributed by atoms with Crippen molar-refractivity contribution in [3.8, 4) is 0 Å². The molecular weight excluding hydrogens is 344 g/mol. The van der Waals surface area contributed by atoms with Crippen LogP contribution in [0.4, 0.5) is 5.82 Å². The number of likely N-dealkylation sites (tertiary alicyclic amines) is 1. The summed E-state index contributed by atoms with van der Waals surface area (Å²) in [6, 6.07) is 2.91. The maximum absolute atomic E-state index is 5.47. The van der Waals surface area contributed by atoms with Gasteiger partial charge in [0, 0.05) is 47.9 Å². The van der Waals surface area contributed by atoms with Crippen LogP contribution in [0.15, 0.2) is 12.4 Å². The molecule has 0 unspecified atom stereocenters. The summed E-state index contributed by atoms with van der Waals surface area (Å²) in [7, 11) is 0. The maximum Gasteiger partial charge on any atom is 0.140 e. The summed E-state index contributed by atoms with van der Waals surface area (Å²) in [6.07, 6.45) is 4.09. The van der Waals surface area contributed by atoms with Gasteiger partial charge in [-0.1, -0.05) is 13.8 Å². The molecule has 26 heavy (non-hydrogen) atoms. The Balaban J connectivity index is 1.31. The van der Waals surface area contributed by atoms with E-state index in [1.807, 2.05) is 11.3 Å². The number of rotatable bonds is 4. The van der Waals surface area contributed by atoms with Gasteiger partial charge in [0.05, 0.1) is 18.6 Å². The minimum absolute atomic E-state index is 0.353. The molecule has 0 aliphatic carbocycles. The SMILES string of the molecule is CCc1cc2c(N3CCC4(C3)CN([C@H](C)C3(C)COC3)C4)ncnc2s1. The van der Waals surface area contributed by atoms with Gasteiger partial charge in [0.2, 0.25) is 0 Å². The Kier molecular flexibility index (Phi) is 3.82. The maximum atomic E-state index is 5.47. The Morgan fingerprint density at radius 2 is 2.08 bits per heavy atom. The Bertz CT molecular complexity index is 824. The normalized spacial score (nSPS) is 25.4. The van der Waals surface area contributed by atoms with E-state index in [1.54, 1.807) is 6.33 Å². The van der Waals surface area contributed by atoms with Crippen LogP contribution in [0.5, 0.6) is 0 Å². The lowest BCUT2D eigenvalue weighted by atomic mass is 9.73. The van der Waals surface area contributed by atoms with Crippen LogP contribution in [0.2, 0.25) is 0 Å². The lowest BCUT2D eigenvalue weighted by Gasteiger charge is -2.57. The van der Waals surface area contributed by atoms with Gasteiger partial charge in [-0.2, -0.15) is 0 Å². The summed E-state index contributed by atoms with van der Waals surface area (Å²) >= 11 is 1.81. The van der Waals surface area contributed by atoms with Gasteiger partial charge in [-0.05, 0) is 25.8 Å². The molecule has 0 saturated carbocycles. The molecule has 3 aliphatic heterocycles. The average Bonchev–Trinajstić information content (AvgIpc) is 3.21. The first kappa shape index (κ1) is 16.9. The molecule has 2 aromatic rings. The fourth-order valence-electron chi connectivity index (χ4n) is 4.89. The molecule has 6 heteroatoms. The first-order valence-electron chi connectivity index (χ1n) is 9.82. The number of aryl methyl sites for hydroxylation is 1. The second-order valence-electron chi connectivity index (χ2n) is 8.88. The Labute approximate surface area is 159 Å². The lowest BCUT2D eigenvalue weighted by molar-refractivity contribution is -0.164. The third kappa shape index (κ3) is 2.49. The number of hydrogen-bond donors (Lipinski definition) is 0. The Hall–Kier alpha value is -1.24. The fraction of sp³-hybridized carbons (Fsp3) is 0.700. The molecule has 0 radical (unpaired) electrons.